The summed E-state index contributed by atoms with van der Waals surface area (Å²) < 4.78 is 28.8. The number of halogens is 2. The number of amides is 1. The minimum Gasteiger partial charge on any atom is -0.481 e. The van der Waals surface area contributed by atoms with Gasteiger partial charge in [0.2, 0.25) is 15.9 Å². The molecule has 2 heterocycles. The Morgan fingerprint density at radius 2 is 1.72 bits per heavy atom. The summed E-state index contributed by atoms with van der Waals surface area (Å²) in [6, 6.07) is 13.7. The number of aliphatic carboxylic acids is 1. The zero-order valence-electron chi connectivity index (χ0n) is 21.9. The molecule has 7 nitrogen and oxygen atoms in total. The third-order valence-corrected chi connectivity index (χ3v) is 10.9. The molecule has 0 aromatic heterocycles. The van der Waals surface area contributed by atoms with E-state index >= 15 is 0 Å². The molecule has 210 valence electrons. The van der Waals surface area contributed by atoms with Gasteiger partial charge in [-0.2, -0.15) is 0 Å². The van der Waals surface area contributed by atoms with Crippen LogP contribution in [0.5, 0.6) is 0 Å². The van der Waals surface area contributed by atoms with Crippen molar-refractivity contribution in [3.8, 4) is 0 Å². The van der Waals surface area contributed by atoms with Gasteiger partial charge in [0.25, 0.3) is 0 Å². The number of carboxylic acid groups (broad SMARTS) is 1. The van der Waals surface area contributed by atoms with Crippen LogP contribution >= 0.6 is 23.2 Å². The highest BCUT2D eigenvalue weighted by atomic mass is 35.5. The maximum Gasteiger partial charge on any atom is 0.304 e. The molecule has 0 radical (unpaired) electrons. The number of carboxylic acids is 1. The minimum atomic E-state index is -3.62. The van der Waals surface area contributed by atoms with Gasteiger partial charge in [-0.1, -0.05) is 54.4 Å². The van der Waals surface area contributed by atoms with Crippen LogP contribution in [0.2, 0.25) is 10.0 Å². The first kappa shape index (κ1) is 28.4. The van der Waals surface area contributed by atoms with E-state index in [1.54, 1.807) is 34.3 Å². The van der Waals surface area contributed by atoms with E-state index in [2.05, 4.69) is 0 Å². The molecule has 3 fully saturated rings. The molecule has 2 aromatic carbocycles. The van der Waals surface area contributed by atoms with E-state index in [9.17, 15) is 23.1 Å². The normalized spacial score (nSPS) is 27.1. The largest absolute Gasteiger partial charge is 0.481 e. The lowest BCUT2D eigenvalue weighted by molar-refractivity contribution is -0.160. The zero-order chi connectivity index (χ0) is 27.9. The monoisotopic (exact) mass is 592 g/mol. The Morgan fingerprint density at radius 1 is 1.05 bits per heavy atom. The van der Waals surface area contributed by atoms with Crippen LogP contribution in [0.4, 0.5) is 0 Å². The Morgan fingerprint density at radius 3 is 2.31 bits per heavy atom. The number of rotatable bonds is 9. The number of piperidine rings is 1. The summed E-state index contributed by atoms with van der Waals surface area (Å²) in [5, 5.41) is 10.9. The van der Waals surface area contributed by atoms with Crippen molar-refractivity contribution < 1.29 is 23.1 Å². The smallest absolute Gasteiger partial charge is 0.304 e. The van der Waals surface area contributed by atoms with E-state index in [-0.39, 0.29) is 29.9 Å². The molecule has 0 unspecified atom stereocenters. The highest BCUT2D eigenvalue weighted by Crippen LogP contribution is 2.54. The van der Waals surface area contributed by atoms with Gasteiger partial charge in [0.1, 0.15) is 0 Å². The second kappa shape index (κ2) is 11.0. The lowest BCUT2D eigenvalue weighted by Crippen LogP contribution is -2.58. The molecule has 10 heteroatoms. The third-order valence-electron chi connectivity index (χ3n) is 8.50. The molecular weight excluding hydrogens is 559 g/mol. The second-order valence-corrected chi connectivity index (χ2v) is 14.4. The standard InChI is InChI=1S/C29H34Cl2N2O5S/c1-29(17-26(34)35)16-24(21-5-4-6-23(31)15-21)27(20-9-11-22(30)12-10-20)33(28(29)36)25(19-7-8-19)18-39(37,38)32-13-2-3-14-32/h4-6,9-12,15,19,24-25,27H,2-3,7-8,13-14,16-18H2,1H3,(H,34,35)/t24-,25-,27-,29+/m1/s1. The third kappa shape index (κ3) is 5.99. The Balaban J connectivity index is 1.66. The van der Waals surface area contributed by atoms with E-state index < -0.39 is 33.5 Å². The number of carbonyl (C=O) groups excluding carboxylic acids is 1. The molecule has 4 atom stereocenters. The average Bonchev–Trinajstić information content (AvgIpc) is 3.56. The van der Waals surface area contributed by atoms with Crippen molar-refractivity contribution in [3.05, 3.63) is 69.7 Å². The fourth-order valence-electron chi connectivity index (χ4n) is 6.46. The van der Waals surface area contributed by atoms with E-state index in [1.165, 1.54) is 0 Å². The van der Waals surface area contributed by atoms with Crippen LogP contribution in [-0.2, 0) is 19.6 Å². The highest BCUT2D eigenvalue weighted by molar-refractivity contribution is 7.89. The molecule has 5 rings (SSSR count). The fourth-order valence-corrected chi connectivity index (χ4v) is 8.67. The number of likely N-dealkylation sites (tertiary alicyclic amines) is 1. The van der Waals surface area contributed by atoms with Gasteiger partial charge >= 0.3 is 5.97 Å². The summed E-state index contributed by atoms with van der Waals surface area (Å²) >= 11 is 12.6. The van der Waals surface area contributed by atoms with Gasteiger partial charge < -0.3 is 10.0 Å². The topological polar surface area (TPSA) is 95.0 Å². The highest BCUT2D eigenvalue weighted by Gasteiger charge is 2.55. The Labute approximate surface area is 240 Å². The molecule has 1 aliphatic carbocycles. The molecule has 1 amide bonds. The van der Waals surface area contributed by atoms with Gasteiger partial charge in [0.15, 0.2) is 0 Å². The first-order valence-corrected chi connectivity index (χ1v) is 15.9. The first-order valence-electron chi connectivity index (χ1n) is 13.5. The van der Waals surface area contributed by atoms with Gasteiger partial charge in [-0.25, -0.2) is 12.7 Å². The zero-order valence-corrected chi connectivity index (χ0v) is 24.3. The maximum atomic E-state index is 14.5. The number of hydrogen-bond donors (Lipinski definition) is 1. The fraction of sp³-hybridized carbons (Fsp3) is 0.517. The molecule has 1 N–H and O–H groups in total. The summed E-state index contributed by atoms with van der Waals surface area (Å²) in [7, 11) is -3.62. The Kier molecular flexibility index (Phi) is 8.04. The lowest BCUT2D eigenvalue weighted by Gasteiger charge is -2.52. The Hall–Kier alpha value is -2.13. The number of nitrogens with zero attached hydrogens (tertiary/aromatic N) is 2. The predicted molar refractivity (Wildman–Crippen MR) is 151 cm³/mol. The van der Waals surface area contributed by atoms with Gasteiger partial charge in [-0.05, 0) is 73.4 Å². The van der Waals surface area contributed by atoms with Crippen molar-refractivity contribution in [3.63, 3.8) is 0 Å². The molecular formula is C29H34Cl2N2O5S. The van der Waals surface area contributed by atoms with Crippen molar-refractivity contribution in [2.24, 2.45) is 11.3 Å². The summed E-state index contributed by atoms with van der Waals surface area (Å²) in [4.78, 5) is 28.2. The van der Waals surface area contributed by atoms with Gasteiger partial charge in [0, 0.05) is 29.1 Å². The quantitative estimate of drug-likeness (QED) is 0.401. The molecule has 3 aliphatic rings. The van der Waals surface area contributed by atoms with Crippen molar-refractivity contribution in [1.82, 2.24) is 9.21 Å². The number of carbonyl (C=O) groups is 2. The van der Waals surface area contributed by atoms with Crippen LogP contribution in [0.15, 0.2) is 48.5 Å². The summed E-state index contributed by atoms with van der Waals surface area (Å²) in [6.45, 7) is 2.69. The van der Waals surface area contributed by atoms with Crippen LogP contribution in [0, 0.1) is 11.3 Å². The molecule has 2 saturated heterocycles. The maximum absolute atomic E-state index is 14.5. The van der Waals surface area contributed by atoms with Gasteiger partial charge in [-0.15, -0.1) is 0 Å². The van der Waals surface area contributed by atoms with Gasteiger partial charge in [0.05, 0.1) is 29.7 Å². The average molecular weight is 594 g/mol. The van der Waals surface area contributed by atoms with Crippen molar-refractivity contribution in [1.29, 1.82) is 0 Å². The predicted octanol–water partition coefficient (Wildman–Crippen LogP) is 5.74. The summed E-state index contributed by atoms with van der Waals surface area (Å²) in [5.74, 6) is -1.81. The van der Waals surface area contributed by atoms with E-state index in [0.717, 1.165) is 36.8 Å². The SMILES string of the molecule is C[C@@]1(CC(=O)O)C[C@H](c2cccc(Cl)c2)[C@@H](c2ccc(Cl)cc2)N([C@H](CS(=O)(=O)N2CCCC2)C2CC2)C1=O. The second-order valence-electron chi connectivity index (χ2n) is 11.5. The molecule has 2 aromatic rings. The van der Waals surface area contributed by atoms with E-state index in [4.69, 9.17) is 23.2 Å². The molecule has 39 heavy (non-hydrogen) atoms. The van der Waals surface area contributed by atoms with E-state index in [0.29, 0.717) is 29.6 Å². The number of sulfonamides is 1. The van der Waals surface area contributed by atoms with Crippen molar-refractivity contribution in [2.75, 3.05) is 18.8 Å². The van der Waals surface area contributed by atoms with Crippen molar-refractivity contribution >= 4 is 45.1 Å². The Bertz CT molecular complexity index is 1340. The van der Waals surface area contributed by atoms with Crippen molar-refractivity contribution in [2.45, 2.75) is 63.5 Å². The number of benzene rings is 2. The van der Waals surface area contributed by atoms with Crippen LogP contribution in [0.25, 0.3) is 0 Å². The van der Waals surface area contributed by atoms with Crippen LogP contribution in [-0.4, -0.2) is 59.5 Å². The molecule has 2 aliphatic heterocycles. The minimum absolute atomic E-state index is 0.0355. The first-order chi connectivity index (χ1) is 18.5. The van der Waals surface area contributed by atoms with Crippen LogP contribution in [0.1, 0.15) is 68.5 Å². The van der Waals surface area contributed by atoms with Crippen LogP contribution in [0.3, 0.4) is 0 Å². The van der Waals surface area contributed by atoms with Gasteiger partial charge in [-0.3, -0.25) is 9.59 Å². The number of hydrogen-bond acceptors (Lipinski definition) is 4. The lowest BCUT2D eigenvalue weighted by atomic mass is 9.67. The molecule has 0 spiro atoms. The summed E-state index contributed by atoms with van der Waals surface area (Å²) in [6.07, 6.45) is 3.26. The van der Waals surface area contributed by atoms with E-state index in [1.807, 2.05) is 30.3 Å². The molecule has 1 saturated carbocycles. The molecule has 0 bridgehead atoms. The van der Waals surface area contributed by atoms with Crippen LogP contribution < -0.4 is 0 Å². The summed E-state index contributed by atoms with van der Waals surface area (Å²) in [5.41, 5.74) is 0.500.